The summed E-state index contributed by atoms with van der Waals surface area (Å²) in [5.74, 6) is -1.94. The van der Waals surface area contributed by atoms with E-state index in [2.05, 4.69) is 5.32 Å². The molecule has 0 spiro atoms. The second kappa shape index (κ2) is 4.57. The van der Waals surface area contributed by atoms with Crippen molar-refractivity contribution in [3.05, 3.63) is 29.6 Å². The molecule has 0 aliphatic carbocycles. The van der Waals surface area contributed by atoms with Crippen molar-refractivity contribution in [2.24, 2.45) is 0 Å². The van der Waals surface area contributed by atoms with Crippen LogP contribution >= 0.6 is 11.8 Å². The van der Waals surface area contributed by atoms with E-state index < -0.39 is 17.5 Å². The Morgan fingerprint density at radius 2 is 2.06 bits per heavy atom. The van der Waals surface area contributed by atoms with Crippen molar-refractivity contribution in [1.29, 1.82) is 0 Å². The predicted molar refractivity (Wildman–Crippen MR) is 60.3 cm³/mol. The summed E-state index contributed by atoms with van der Waals surface area (Å²) in [4.78, 5) is 0. The molecule has 2 atom stereocenters. The van der Waals surface area contributed by atoms with E-state index in [1.54, 1.807) is 11.8 Å². The maximum absolute atomic E-state index is 13.4. The van der Waals surface area contributed by atoms with Crippen LogP contribution < -0.4 is 5.32 Å². The first kappa shape index (κ1) is 11.6. The van der Waals surface area contributed by atoms with Crippen molar-refractivity contribution in [3.8, 4) is 0 Å². The summed E-state index contributed by atoms with van der Waals surface area (Å²) < 4.78 is 39.2. The molecule has 0 amide bonds. The fourth-order valence-corrected chi connectivity index (χ4v) is 2.98. The SMILES string of the molecule is CC1SCCC1Nc1cc(F)cc(F)c1F. The summed E-state index contributed by atoms with van der Waals surface area (Å²) in [7, 11) is 0. The summed E-state index contributed by atoms with van der Waals surface area (Å²) >= 11 is 1.77. The van der Waals surface area contributed by atoms with Gasteiger partial charge in [0.2, 0.25) is 0 Å². The molecule has 0 radical (unpaired) electrons. The van der Waals surface area contributed by atoms with Crippen molar-refractivity contribution >= 4 is 17.4 Å². The lowest BCUT2D eigenvalue weighted by Gasteiger charge is -2.18. The molecule has 2 unspecified atom stereocenters. The van der Waals surface area contributed by atoms with E-state index in [0.717, 1.165) is 18.2 Å². The van der Waals surface area contributed by atoms with Crippen LogP contribution in [0.1, 0.15) is 13.3 Å². The summed E-state index contributed by atoms with van der Waals surface area (Å²) in [5.41, 5.74) is -0.0862. The van der Waals surface area contributed by atoms with Gasteiger partial charge >= 0.3 is 0 Å². The Morgan fingerprint density at radius 1 is 1.31 bits per heavy atom. The highest BCUT2D eigenvalue weighted by Gasteiger charge is 2.25. The van der Waals surface area contributed by atoms with E-state index in [4.69, 9.17) is 0 Å². The first-order valence-electron chi connectivity index (χ1n) is 5.10. The van der Waals surface area contributed by atoms with E-state index >= 15 is 0 Å². The molecule has 1 aliphatic heterocycles. The van der Waals surface area contributed by atoms with Gasteiger partial charge in [0.05, 0.1) is 5.69 Å². The van der Waals surface area contributed by atoms with Gasteiger partial charge in [0.25, 0.3) is 0 Å². The average Bonchev–Trinajstić information content (AvgIpc) is 2.60. The molecule has 0 saturated carbocycles. The normalized spacial score (nSPS) is 24.8. The van der Waals surface area contributed by atoms with Crippen LogP contribution in [-0.4, -0.2) is 17.0 Å². The first-order valence-corrected chi connectivity index (χ1v) is 6.15. The number of hydrogen-bond acceptors (Lipinski definition) is 2. The number of thioether (sulfide) groups is 1. The lowest BCUT2D eigenvalue weighted by atomic mass is 10.1. The minimum absolute atomic E-state index is 0.0701. The monoisotopic (exact) mass is 247 g/mol. The number of rotatable bonds is 2. The fourth-order valence-electron chi connectivity index (χ4n) is 1.78. The van der Waals surface area contributed by atoms with Crippen LogP contribution in [0.4, 0.5) is 18.9 Å². The molecule has 1 aliphatic rings. The van der Waals surface area contributed by atoms with E-state index in [-0.39, 0.29) is 11.7 Å². The summed E-state index contributed by atoms with van der Waals surface area (Å²) in [6, 6.07) is 1.61. The number of benzene rings is 1. The summed E-state index contributed by atoms with van der Waals surface area (Å²) in [5, 5.41) is 3.19. The summed E-state index contributed by atoms with van der Waals surface area (Å²) in [6.45, 7) is 2.02. The first-order chi connectivity index (χ1) is 7.58. The lowest BCUT2D eigenvalue weighted by Crippen LogP contribution is -2.25. The van der Waals surface area contributed by atoms with Crippen molar-refractivity contribution in [1.82, 2.24) is 0 Å². The molecular weight excluding hydrogens is 235 g/mol. The standard InChI is InChI=1S/C11H12F3NS/c1-6-9(2-3-16-6)15-10-5-7(12)4-8(13)11(10)14/h4-6,9,15H,2-3H2,1H3. The Labute approximate surface area is 96.4 Å². The molecule has 16 heavy (non-hydrogen) atoms. The number of halogens is 3. The molecule has 1 aromatic rings. The van der Waals surface area contributed by atoms with Gasteiger partial charge in [-0.05, 0) is 12.2 Å². The predicted octanol–water partition coefficient (Wildman–Crippen LogP) is 3.41. The molecule has 1 N–H and O–H groups in total. The molecule has 1 nitrogen and oxygen atoms in total. The van der Waals surface area contributed by atoms with Gasteiger partial charge in [0.15, 0.2) is 11.6 Å². The molecular formula is C11H12F3NS. The van der Waals surface area contributed by atoms with Gasteiger partial charge in [-0.1, -0.05) is 6.92 Å². The molecule has 1 saturated heterocycles. The molecule has 0 bridgehead atoms. The van der Waals surface area contributed by atoms with Gasteiger partial charge in [0, 0.05) is 23.4 Å². The van der Waals surface area contributed by atoms with Crippen molar-refractivity contribution < 1.29 is 13.2 Å². The molecule has 1 aromatic carbocycles. The van der Waals surface area contributed by atoms with Gasteiger partial charge in [-0.25, -0.2) is 13.2 Å². The van der Waals surface area contributed by atoms with Crippen LogP contribution in [0.15, 0.2) is 12.1 Å². The molecule has 5 heteroatoms. The second-order valence-electron chi connectivity index (χ2n) is 3.86. The largest absolute Gasteiger partial charge is 0.379 e. The quantitative estimate of drug-likeness (QED) is 0.804. The minimum Gasteiger partial charge on any atom is -0.379 e. The maximum Gasteiger partial charge on any atom is 0.182 e. The number of hydrogen-bond donors (Lipinski definition) is 1. The Morgan fingerprint density at radius 3 is 2.69 bits per heavy atom. The molecule has 2 rings (SSSR count). The molecule has 88 valence electrons. The van der Waals surface area contributed by atoms with Crippen LogP contribution in [0.2, 0.25) is 0 Å². The van der Waals surface area contributed by atoms with Gasteiger partial charge in [-0.2, -0.15) is 11.8 Å². The van der Waals surface area contributed by atoms with E-state index in [1.807, 2.05) is 6.92 Å². The fraction of sp³-hybridized carbons (Fsp3) is 0.455. The van der Waals surface area contributed by atoms with Gasteiger partial charge < -0.3 is 5.32 Å². The third-order valence-electron chi connectivity index (χ3n) is 2.71. The van der Waals surface area contributed by atoms with Crippen molar-refractivity contribution in [2.45, 2.75) is 24.6 Å². The zero-order valence-corrected chi connectivity index (χ0v) is 9.58. The number of anilines is 1. The lowest BCUT2D eigenvalue weighted by molar-refractivity contribution is 0.496. The van der Waals surface area contributed by atoms with E-state index in [9.17, 15) is 13.2 Å². The minimum atomic E-state index is -1.15. The Hall–Kier alpha value is -0.840. The van der Waals surface area contributed by atoms with Gasteiger partial charge in [0.1, 0.15) is 5.82 Å². The average molecular weight is 247 g/mol. The van der Waals surface area contributed by atoms with Gasteiger partial charge in [-0.15, -0.1) is 0 Å². The van der Waals surface area contributed by atoms with Gasteiger partial charge in [-0.3, -0.25) is 0 Å². The van der Waals surface area contributed by atoms with E-state index in [1.165, 1.54) is 0 Å². The highest BCUT2D eigenvalue weighted by atomic mass is 32.2. The maximum atomic E-state index is 13.4. The zero-order valence-electron chi connectivity index (χ0n) is 8.77. The topological polar surface area (TPSA) is 12.0 Å². The van der Waals surface area contributed by atoms with Crippen molar-refractivity contribution in [3.63, 3.8) is 0 Å². The third kappa shape index (κ3) is 2.29. The van der Waals surface area contributed by atoms with Crippen LogP contribution in [0.25, 0.3) is 0 Å². The molecule has 1 heterocycles. The second-order valence-corrected chi connectivity index (χ2v) is 5.35. The highest BCUT2D eigenvalue weighted by Crippen LogP contribution is 2.30. The third-order valence-corrected chi connectivity index (χ3v) is 4.04. The van der Waals surface area contributed by atoms with Crippen LogP contribution in [0, 0.1) is 17.5 Å². The van der Waals surface area contributed by atoms with Crippen LogP contribution in [-0.2, 0) is 0 Å². The van der Waals surface area contributed by atoms with Crippen LogP contribution in [0.5, 0.6) is 0 Å². The Balaban J connectivity index is 2.20. The number of nitrogens with one attached hydrogen (secondary N) is 1. The van der Waals surface area contributed by atoms with Crippen molar-refractivity contribution in [2.75, 3.05) is 11.1 Å². The smallest absolute Gasteiger partial charge is 0.182 e. The molecule has 0 aromatic heterocycles. The van der Waals surface area contributed by atoms with Crippen LogP contribution in [0.3, 0.4) is 0 Å². The van der Waals surface area contributed by atoms with E-state index in [0.29, 0.717) is 11.3 Å². The summed E-state index contributed by atoms with van der Waals surface area (Å²) in [6.07, 6.45) is 0.878. The zero-order chi connectivity index (χ0) is 11.7. The molecule has 1 fully saturated rings. The Kier molecular flexibility index (Phi) is 3.33. The Bertz CT molecular complexity index is 397. The highest BCUT2D eigenvalue weighted by molar-refractivity contribution is 8.00.